The number of benzene rings is 1. The van der Waals surface area contributed by atoms with Gasteiger partial charge in [-0.25, -0.2) is 18.8 Å². The van der Waals surface area contributed by atoms with Gasteiger partial charge in [0, 0.05) is 57.4 Å². The molecule has 1 aliphatic rings. The average molecular weight is 405 g/mol. The molecule has 2 aromatic rings. The van der Waals surface area contributed by atoms with E-state index in [0.717, 1.165) is 57.0 Å². The highest BCUT2D eigenvalue weighted by Crippen LogP contribution is 2.28. The Morgan fingerprint density at radius 3 is 2.55 bits per heavy atom. The zero-order chi connectivity index (χ0) is 20.8. The van der Waals surface area contributed by atoms with Crippen molar-refractivity contribution in [1.82, 2.24) is 29.9 Å². The lowest BCUT2D eigenvalue weighted by Gasteiger charge is -2.40. The predicted octanol–water partition coefficient (Wildman–Crippen LogP) is 2.33. The third-order valence-corrected chi connectivity index (χ3v) is 5.27. The van der Waals surface area contributed by atoms with Crippen LogP contribution >= 0.6 is 0 Å². The van der Waals surface area contributed by atoms with Crippen LogP contribution in [0.3, 0.4) is 0 Å². The average Bonchev–Trinajstić information content (AvgIpc) is 3.12. The molecule has 158 valence electrons. The molecule has 0 bridgehead atoms. The van der Waals surface area contributed by atoms with Gasteiger partial charge in [-0.1, -0.05) is 13.0 Å². The smallest absolute Gasteiger partial charge is 0.194 e. The highest BCUT2D eigenvalue weighted by molar-refractivity contribution is 5.80. The van der Waals surface area contributed by atoms with Gasteiger partial charge in [0.15, 0.2) is 5.96 Å². The fourth-order valence-corrected chi connectivity index (χ4v) is 3.73. The van der Waals surface area contributed by atoms with Gasteiger partial charge < -0.3 is 10.2 Å². The van der Waals surface area contributed by atoms with E-state index in [9.17, 15) is 8.78 Å². The van der Waals surface area contributed by atoms with Gasteiger partial charge in [-0.15, -0.1) is 0 Å². The molecule has 3 rings (SSSR count). The van der Waals surface area contributed by atoms with Crippen LogP contribution in [0.15, 0.2) is 29.5 Å². The third kappa shape index (κ3) is 5.09. The minimum absolute atomic E-state index is 0.0593. The Kier molecular flexibility index (Phi) is 7.13. The Hall–Kier alpha value is -2.55. The summed E-state index contributed by atoms with van der Waals surface area (Å²) in [5, 5.41) is 7.41. The van der Waals surface area contributed by atoms with Crippen LogP contribution < -0.4 is 5.32 Å². The fraction of sp³-hybridized carbons (Fsp3) is 0.550. The maximum atomic E-state index is 14.3. The topological polar surface area (TPSA) is 61.6 Å². The molecular formula is C20H29F2N7. The van der Waals surface area contributed by atoms with Gasteiger partial charge in [0.25, 0.3) is 0 Å². The van der Waals surface area contributed by atoms with Crippen LogP contribution in [0.2, 0.25) is 0 Å². The highest BCUT2D eigenvalue weighted by Gasteiger charge is 2.27. The molecular weight excluding hydrogens is 376 g/mol. The van der Waals surface area contributed by atoms with E-state index < -0.39 is 11.6 Å². The molecule has 0 saturated carbocycles. The number of guanidine groups is 1. The van der Waals surface area contributed by atoms with Crippen LogP contribution in [-0.4, -0.2) is 63.2 Å². The quantitative estimate of drug-likeness (QED) is 0.590. The lowest BCUT2D eigenvalue weighted by atomic mass is 10.0. The summed E-state index contributed by atoms with van der Waals surface area (Å²) >= 11 is 0. The largest absolute Gasteiger partial charge is 0.357 e. The molecule has 1 atom stereocenters. The summed E-state index contributed by atoms with van der Waals surface area (Å²) in [7, 11) is 1.85. The summed E-state index contributed by atoms with van der Waals surface area (Å²) in [6, 6.07) is 3.81. The minimum Gasteiger partial charge on any atom is -0.357 e. The molecule has 7 nitrogen and oxygen atoms in total. The molecule has 1 saturated heterocycles. The van der Waals surface area contributed by atoms with Crippen LogP contribution in [0.4, 0.5) is 8.78 Å². The van der Waals surface area contributed by atoms with Gasteiger partial charge in [0.2, 0.25) is 0 Å². The van der Waals surface area contributed by atoms with Gasteiger partial charge in [0.1, 0.15) is 30.3 Å². The molecule has 1 aromatic carbocycles. The Balaban J connectivity index is 1.66. The SMILES string of the molecule is CCNC(=NCc1ncnn1C)N1CCN(C(CC)c2ccc(F)cc2F)CC1. The minimum atomic E-state index is -0.541. The number of aromatic nitrogens is 3. The number of hydrogen-bond donors (Lipinski definition) is 1. The van der Waals surface area contributed by atoms with Crippen molar-refractivity contribution in [3.05, 3.63) is 47.5 Å². The van der Waals surface area contributed by atoms with E-state index in [-0.39, 0.29) is 6.04 Å². The Morgan fingerprint density at radius 2 is 1.97 bits per heavy atom. The number of aliphatic imine (C=N–C) groups is 1. The second kappa shape index (κ2) is 9.78. The molecule has 0 amide bonds. The van der Waals surface area contributed by atoms with Crippen LogP contribution in [0.5, 0.6) is 0 Å². The first-order valence-corrected chi connectivity index (χ1v) is 10.1. The number of hydrogen-bond acceptors (Lipinski definition) is 4. The van der Waals surface area contributed by atoms with Gasteiger partial charge in [-0.3, -0.25) is 9.58 Å². The number of piperazine rings is 1. The van der Waals surface area contributed by atoms with Crippen molar-refractivity contribution in [3.63, 3.8) is 0 Å². The first kappa shape index (κ1) is 21.2. The van der Waals surface area contributed by atoms with E-state index >= 15 is 0 Å². The Labute approximate surface area is 170 Å². The summed E-state index contributed by atoms with van der Waals surface area (Å²) in [4.78, 5) is 13.4. The van der Waals surface area contributed by atoms with Gasteiger partial charge in [-0.2, -0.15) is 5.10 Å². The zero-order valence-corrected chi connectivity index (χ0v) is 17.3. The second-order valence-electron chi connectivity index (χ2n) is 7.08. The van der Waals surface area contributed by atoms with Crippen molar-refractivity contribution in [2.75, 3.05) is 32.7 Å². The molecule has 9 heteroatoms. The second-order valence-corrected chi connectivity index (χ2v) is 7.08. The number of rotatable bonds is 6. The summed E-state index contributed by atoms with van der Waals surface area (Å²) < 4.78 is 29.3. The maximum Gasteiger partial charge on any atom is 0.194 e. The first-order valence-electron chi connectivity index (χ1n) is 10.1. The third-order valence-electron chi connectivity index (χ3n) is 5.27. The number of aryl methyl sites for hydroxylation is 1. The Bertz CT molecular complexity index is 828. The van der Waals surface area contributed by atoms with Crippen molar-refractivity contribution in [2.45, 2.75) is 32.9 Å². The molecule has 1 N–H and O–H groups in total. The first-order chi connectivity index (χ1) is 14.0. The van der Waals surface area contributed by atoms with Crippen molar-refractivity contribution >= 4 is 5.96 Å². The fourth-order valence-electron chi connectivity index (χ4n) is 3.73. The lowest BCUT2D eigenvalue weighted by molar-refractivity contribution is 0.124. The van der Waals surface area contributed by atoms with Crippen LogP contribution in [0.25, 0.3) is 0 Å². The number of nitrogens with one attached hydrogen (secondary N) is 1. The lowest BCUT2D eigenvalue weighted by Crippen LogP contribution is -2.53. The van der Waals surface area contributed by atoms with E-state index in [2.05, 4.69) is 25.2 Å². The van der Waals surface area contributed by atoms with Crippen molar-refractivity contribution < 1.29 is 8.78 Å². The van der Waals surface area contributed by atoms with Gasteiger partial charge in [-0.05, 0) is 19.4 Å². The predicted molar refractivity (Wildman–Crippen MR) is 108 cm³/mol. The summed E-state index contributed by atoms with van der Waals surface area (Å²) in [6.45, 7) is 8.43. The molecule has 0 spiro atoms. The summed E-state index contributed by atoms with van der Waals surface area (Å²) in [5.74, 6) is 0.631. The molecule has 1 fully saturated rings. The van der Waals surface area contributed by atoms with E-state index in [1.165, 1.54) is 12.4 Å². The number of halogens is 2. The van der Waals surface area contributed by atoms with Crippen LogP contribution in [0, 0.1) is 11.6 Å². The standard InChI is InChI=1S/C20H29F2N7/c1-4-18(16-7-6-15(21)12-17(16)22)28-8-10-29(11-9-28)20(23-5-2)24-13-19-25-14-26-27(19)3/h6-7,12,14,18H,4-5,8-11,13H2,1-3H3,(H,23,24). The van der Waals surface area contributed by atoms with E-state index in [0.29, 0.717) is 12.1 Å². The summed E-state index contributed by atoms with van der Waals surface area (Å²) in [6.07, 6.45) is 2.29. The van der Waals surface area contributed by atoms with E-state index in [1.54, 1.807) is 10.7 Å². The highest BCUT2D eigenvalue weighted by atomic mass is 19.1. The molecule has 2 heterocycles. The maximum absolute atomic E-state index is 14.3. The van der Waals surface area contributed by atoms with Crippen LogP contribution in [0.1, 0.15) is 37.7 Å². The zero-order valence-electron chi connectivity index (χ0n) is 17.3. The molecule has 29 heavy (non-hydrogen) atoms. The van der Waals surface area contributed by atoms with Crippen LogP contribution in [-0.2, 0) is 13.6 Å². The van der Waals surface area contributed by atoms with Crippen molar-refractivity contribution in [2.24, 2.45) is 12.0 Å². The van der Waals surface area contributed by atoms with Crippen molar-refractivity contribution in [3.8, 4) is 0 Å². The molecule has 1 aromatic heterocycles. The molecule has 1 unspecified atom stereocenters. The van der Waals surface area contributed by atoms with Crippen molar-refractivity contribution in [1.29, 1.82) is 0 Å². The molecule has 0 aliphatic carbocycles. The molecule has 1 aliphatic heterocycles. The molecule has 0 radical (unpaired) electrons. The summed E-state index contributed by atoms with van der Waals surface area (Å²) in [5.41, 5.74) is 0.560. The monoisotopic (exact) mass is 405 g/mol. The van der Waals surface area contributed by atoms with E-state index in [4.69, 9.17) is 4.99 Å². The van der Waals surface area contributed by atoms with E-state index in [1.807, 2.05) is 20.9 Å². The normalized spacial score (nSPS) is 16.9. The van der Waals surface area contributed by atoms with Gasteiger partial charge in [0.05, 0.1) is 0 Å². The number of nitrogens with zero attached hydrogens (tertiary/aromatic N) is 6. The van der Waals surface area contributed by atoms with Gasteiger partial charge >= 0.3 is 0 Å². The Morgan fingerprint density at radius 1 is 1.21 bits per heavy atom.